The van der Waals surface area contributed by atoms with E-state index >= 15 is 0 Å². The number of nitrogens with one attached hydrogen (secondary N) is 1. The van der Waals surface area contributed by atoms with Crippen molar-refractivity contribution < 1.29 is 9.53 Å². The Morgan fingerprint density at radius 1 is 1.43 bits per heavy atom. The van der Waals surface area contributed by atoms with Gasteiger partial charge in [0.05, 0.1) is 5.75 Å². The summed E-state index contributed by atoms with van der Waals surface area (Å²) < 4.78 is 8.01. The van der Waals surface area contributed by atoms with Gasteiger partial charge in [-0.15, -0.1) is 16.8 Å². The van der Waals surface area contributed by atoms with Crippen LogP contribution in [-0.4, -0.2) is 32.5 Å². The lowest BCUT2D eigenvalue weighted by Crippen LogP contribution is -2.33. The Bertz CT molecular complexity index is 814. The van der Waals surface area contributed by atoms with E-state index in [0.29, 0.717) is 23.5 Å². The number of carbonyl (C=O) groups is 1. The Labute approximate surface area is 170 Å². The lowest BCUT2D eigenvalue weighted by Gasteiger charge is -2.16. The molecule has 150 valence electrons. The van der Waals surface area contributed by atoms with Gasteiger partial charge in [-0.1, -0.05) is 42.8 Å². The summed E-state index contributed by atoms with van der Waals surface area (Å²) in [5.41, 5.74) is 1.14. The minimum Gasteiger partial charge on any atom is -0.483 e. The number of thioether (sulfide) groups is 1. The number of aryl methyl sites for hydroxylation is 1. The van der Waals surface area contributed by atoms with E-state index in [2.05, 4.69) is 22.1 Å². The number of aromatic nitrogens is 3. The van der Waals surface area contributed by atoms with Gasteiger partial charge in [-0.25, -0.2) is 0 Å². The van der Waals surface area contributed by atoms with E-state index in [0.717, 1.165) is 30.0 Å². The fourth-order valence-electron chi connectivity index (χ4n) is 3.42. The molecular formula is C21H28N4O2S. The molecule has 3 rings (SSSR count). The standard InChI is InChI=1S/C21H28N4O2S/c1-4-12-25-20(16(3)27-18-11-7-8-15(2)13-18)23-24-21(25)28-14-19(26)22-17-9-5-6-10-17/h4,7-8,11,13,16-17H,1,5-6,9-10,12,14H2,2-3H3,(H,22,26). The molecule has 2 aromatic rings. The van der Waals surface area contributed by atoms with Crippen LogP contribution in [0.4, 0.5) is 0 Å². The summed E-state index contributed by atoms with van der Waals surface area (Å²) in [7, 11) is 0. The fraction of sp³-hybridized carbons (Fsp3) is 0.476. The van der Waals surface area contributed by atoms with E-state index in [1.54, 1.807) is 6.08 Å². The summed E-state index contributed by atoms with van der Waals surface area (Å²) in [5, 5.41) is 12.4. The number of allylic oxidation sites excluding steroid dienone is 1. The molecule has 1 fully saturated rings. The molecule has 0 spiro atoms. The Balaban J connectivity index is 1.64. The zero-order chi connectivity index (χ0) is 19.9. The monoisotopic (exact) mass is 400 g/mol. The zero-order valence-corrected chi connectivity index (χ0v) is 17.4. The SMILES string of the molecule is C=CCn1c(SCC(=O)NC2CCCC2)nnc1C(C)Oc1cccc(C)c1. The fourth-order valence-corrected chi connectivity index (χ4v) is 4.19. The number of hydrogen-bond acceptors (Lipinski definition) is 5. The summed E-state index contributed by atoms with van der Waals surface area (Å²) in [6, 6.07) is 8.26. The van der Waals surface area contributed by atoms with Crippen LogP contribution in [0.1, 0.15) is 50.1 Å². The van der Waals surface area contributed by atoms with Gasteiger partial charge < -0.3 is 10.1 Å². The molecule has 1 heterocycles. The second kappa shape index (κ2) is 9.78. The van der Waals surface area contributed by atoms with Gasteiger partial charge in [0.15, 0.2) is 17.1 Å². The lowest BCUT2D eigenvalue weighted by molar-refractivity contribution is -0.119. The van der Waals surface area contributed by atoms with E-state index in [4.69, 9.17) is 4.74 Å². The van der Waals surface area contributed by atoms with Crippen molar-refractivity contribution in [3.8, 4) is 5.75 Å². The highest BCUT2D eigenvalue weighted by atomic mass is 32.2. The normalized spacial score (nSPS) is 15.4. The molecule has 1 amide bonds. The summed E-state index contributed by atoms with van der Waals surface area (Å²) >= 11 is 1.40. The molecule has 28 heavy (non-hydrogen) atoms. The smallest absolute Gasteiger partial charge is 0.230 e. The Morgan fingerprint density at radius 3 is 2.93 bits per heavy atom. The maximum absolute atomic E-state index is 12.2. The van der Waals surface area contributed by atoms with Gasteiger partial charge in [-0.2, -0.15) is 0 Å². The van der Waals surface area contributed by atoms with Crippen LogP contribution in [0.15, 0.2) is 42.1 Å². The average molecular weight is 401 g/mol. The highest BCUT2D eigenvalue weighted by molar-refractivity contribution is 7.99. The molecule has 6 nitrogen and oxygen atoms in total. The minimum atomic E-state index is -0.268. The van der Waals surface area contributed by atoms with E-state index in [1.165, 1.54) is 24.6 Å². The van der Waals surface area contributed by atoms with Gasteiger partial charge in [0.25, 0.3) is 0 Å². The molecule has 1 saturated carbocycles. The van der Waals surface area contributed by atoms with Crippen molar-refractivity contribution in [1.82, 2.24) is 20.1 Å². The topological polar surface area (TPSA) is 69.0 Å². The van der Waals surface area contributed by atoms with Crippen molar-refractivity contribution in [1.29, 1.82) is 0 Å². The summed E-state index contributed by atoms with van der Waals surface area (Å²) in [6.07, 6.45) is 6.11. The lowest BCUT2D eigenvalue weighted by atomic mass is 10.2. The van der Waals surface area contributed by atoms with E-state index in [1.807, 2.05) is 42.7 Å². The predicted octanol–water partition coefficient (Wildman–Crippen LogP) is 4.06. The van der Waals surface area contributed by atoms with E-state index < -0.39 is 0 Å². The Hall–Kier alpha value is -2.28. The largest absolute Gasteiger partial charge is 0.483 e. The first-order chi connectivity index (χ1) is 13.6. The maximum Gasteiger partial charge on any atom is 0.230 e. The molecule has 1 N–H and O–H groups in total. The molecule has 1 aliphatic carbocycles. The number of nitrogens with zero attached hydrogens (tertiary/aromatic N) is 3. The molecule has 0 radical (unpaired) electrons. The molecule has 0 bridgehead atoms. The van der Waals surface area contributed by atoms with Crippen molar-refractivity contribution >= 4 is 17.7 Å². The first kappa shape index (κ1) is 20.5. The van der Waals surface area contributed by atoms with Crippen molar-refractivity contribution in [3.05, 3.63) is 48.3 Å². The quantitative estimate of drug-likeness (QED) is 0.508. The molecule has 1 unspecified atom stereocenters. The molecule has 1 aliphatic rings. The molecule has 0 saturated heterocycles. The first-order valence-corrected chi connectivity index (χ1v) is 10.7. The highest BCUT2D eigenvalue weighted by Gasteiger charge is 2.21. The average Bonchev–Trinajstić information content (AvgIpc) is 3.30. The number of benzene rings is 1. The van der Waals surface area contributed by atoms with Crippen LogP contribution in [0.5, 0.6) is 5.75 Å². The molecular weight excluding hydrogens is 372 g/mol. The second-order valence-electron chi connectivity index (χ2n) is 7.15. The van der Waals surface area contributed by atoms with Crippen LogP contribution >= 0.6 is 11.8 Å². The number of hydrogen-bond donors (Lipinski definition) is 1. The van der Waals surface area contributed by atoms with Crippen LogP contribution in [-0.2, 0) is 11.3 Å². The minimum absolute atomic E-state index is 0.0515. The van der Waals surface area contributed by atoms with Crippen molar-refractivity contribution in [2.24, 2.45) is 0 Å². The van der Waals surface area contributed by atoms with E-state index in [9.17, 15) is 4.79 Å². The molecule has 0 aliphatic heterocycles. The van der Waals surface area contributed by atoms with Crippen molar-refractivity contribution in [2.75, 3.05) is 5.75 Å². The van der Waals surface area contributed by atoms with E-state index in [-0.39, 0.29) is 12.0 Å². The van der Waals surface area contributed by atoms with Crippen molar-refractivity contribution in [3.63, 3.8) is 0 Å². The van der Waals surface area contributed by atoms with Crippen LogP contribution < -0.4 is 10.1 Å². The van der Waals surface area contributed by atoms with Crippen LogP contribution in [0.3, 0.4) is 0 Å². The third-order valence-corrected chi connectivity index (χ3v) is 5.74. The predicted molar refractivity (Wildman–Crippen MR) is 112 cm³/mol. The summed E-state index contributed by atoms with van der Waals surface area (Å²) in [5.74, 6) is 1.90. The third kappa shape index (κ3) is 5.38. The second-order valence-corrected chi connectivity index (χ2v) is 8.10. The van der Waals surface area contributed by atoms with Gasteiger partial charge in [0.2, 0.25) is 5.91 Å². The van der Waals surface area contributed by atoms with Gasteiger partial charge in [0.1, 0.15) is 5.75 Å². The van der Waals surface area contributed by atoms with Crippen molar-refractivity contribution in [2.45, 2.75) is 63.4 Å². The third-order valence-electron chi connectivity index (χ3n) is 4.78. The molecule has 1 atom stereocenters. The molecule has 7 heteroatoms. The molecule has 1 aromatic carbocycles. The van der Waals surface area contributed by atoms with Gasteiger partial charge >= 0.3 is 0 Å². The maximum atomic E-state index is 12.2. The first-order valence-electron chi connectivity index (χ1n) is 9.76. The van der Waals surface area contributed by atoms with Crippen LogP contribution in [0.2, 0.25) is 0 Å². The Morgan fingerprint density at radius 2 is 2.21 bits per heavy atom. The summed E-state index contributed by atoms with van der Waals surface area (Å²) in [6.45, 7) is 8.38. The highest BCUT2D eigenvalue weighted by Crippen LogP contribution is 2.25. The van der Waals surface area contributed by atoms with Gasteiger partial charge in [0, 0.05) is 12.6 Å². The summed E-state index contributed by atoms with van der Waals surface area (Å²) in [4.78, 5) is 12.2. The Kier molecular flexibility index (Phi) is 7.14. The van der Waals surface area contributed by atoms with Crippen LogP contribution in [0.25, 0.3) is 0 Å². The number of amides is 1. The van der Waals surface area contributed by atoms with Gasteiger partial charge in [-0.3, -0.25) is 9.36 Å². The van der Waals surface area contributed by atoms with Gasteiger partial charge in [-0.05, 0) is 44.4 Å². The number of carbonyl (C=O) groups excluding carboxylic acids is 1. The zero-order valence-electron chi connectivity index (χ0n) is 16.6. The number of rotatable bonds is 9. The van der Waals surface area contributed by atoms with Crippen LogP contribution in [0, 0.1) is 6.92 Å². The molecule has 1 aromatic heterocycles. The number of ether oxygens (including phenoxy) is 1.